The number of ketones is 1. The molecule has 2 saturated carbocycles. The zero-order chi connectivity index (χ0) is 33.6. The molecule has 6 nitrogen and oxygen atoms in total. The molecule has 3 unspecified atom stereocenters. The second-order valence-electron chi connectivity index (χ2n) is 6.25. The van der Waals surface area contributed by atoms with Crippen LogP contribution in [0.2, 0.25) is 0 Å². The highest BCUT2D eigenvalue weighted by molar-refractivity contribution is 5.97. The number of carbonyl (C=O) groups is 4. The fraction of sp³-hybridized carbons (Fsp3) is 0.619. The summed E-state index contributed by atoms with van der Waals surface area (Å²) < 4.78 is 132. The number of Topliss-reactive ketones (excluding diaryl/α,β-unsaturated/α-hetero) is 1. The van der Waals surface area contributed by atoms with Crippen LogP contribution in [-0.4, -0.2) is 28.8 Å². The van der Waals surface area contributed by atoms with Crippen molar-refractivity contribution < 1.29 is 51.0 Å². The lowest BCUT2D eigenvalue weighted by Gasteiger charge is -2.41. The third kappa shape index (κ3) is 2.95. The van der Waals surface area contributed by atoms with Crippen LogP contribution in [0.4, 0.5) is 0 Å². The average molecular weight is 389 g/mol. The van der Waals surface area contributed by atoms with Crippen molar-refractivity contribution in [1.82, 2.24) is 0 Å². The number of fused-ring (bicyclic) bond motifs is 3. The van der Waals surface area contributed by atoms with Crippen LogP contribution in [-0.2, 0) is 23.9 Å². The second-order valence-corrected chi connectivity index (χ2v) is 6.25. The summed E-state index contributed by atoms with van der Waals surface area (Å²) in [6.07, 6.45) is -12.6. The van der Waals surface area contributed by atoms with Crippen molar-refractivity contribution in [2.24, 2.45) is 47.2 Å². The molecule has 0 radical (unpaired) electrons. The van der Waals surface area contributed by atoms with Crippen LogP contribution < -0.4 is 0 Å². The van der Waals surface area contributed by atoms with E-state index in [2.05, 4.69) is 4.74 Å². The Kier molecular flexibility index (Phi) is 1.82. The van der Waals surface area contributed by atoms with E-state index in [0.29, 0.717) is 0 Å². The van der Waals surface area contributed by atoms with Gasteiger partial charge in [0.15, 0.2) is 0 Å². The van der Waals surface area contributed by atoms with Gasteiger partial charge in [0.05, 0.1) is 23.2 Å². The minimum absolute atomic E-state index is 0.920. The van der Waals surface area contributed by atoms with Crippen molar-refractivity contribution in [2.75, 3.05) is 0 Å². The fourth-order valence-electron chi connectivity index (χ4n) is 3.39. The van der Waals surface area contributed by atoms with Gasteiger partial charge in [-0.25, -0.2) is 0 Å². The van der Waals surface area contributed by atoms with Crippen LogP contribution in [0.1, 0.15) is 54.3 Å². The molecule has 7 aliphatic rings. The Bertz CT molecular complexity index is 1350. The molecule has 27 heavy (non-hydrogen) atoms. The Morgan fingerprint density at radius 1 is 0.963 bits per heavy atom. The Labute approximate surface area is 180 Å². The highest BCUT2D eigenvalue weighted by Gasteiger charge is 2.54. The zero-order valence-electron chi connectivity index (χ0n) is 29.8. The molecule has 0 aromatic carbocycles. The van der Waals surface area contributed by atoms with Crippen LogP contribution in [0.15, 0.2) is 24.2 Å². The van der Waals surface area contributed by atoms with Crippen LogP contribution >= 0.6 is 0 Å². The number of aliphatic carboxylic acids is 1. The minimum Gasteiger partial charge on any atom is -0.481 e. The molecule has 3 fully saturated rings. The quantitative estimate of drug-likeness (QED) is 0.443. The molecule has 0 aromatic rings. The first kappa shape index (κ1) is 7.30. The molecule has 0 aromatic heterocycles. The topological polar surface area (TPSA) is 97.7 Å². The maximum Gasteiger partial charge on any atom is 0.318 e. The van der Waals surface area contributed by atoms with Gasteiger partial charge in [0, 0.05) is 22.4 Å². The minimum atomic E-state index is -3.22. The van der Waals surface area contributed by atoms with E-state index in [1.165, 1.54) is 0 Å². The highest BCUT2D eigenvalue weighted by atomic mass is 16.6. The summed E-state index contributed by atoms with van der Waals surface area (Å²) in [5, 5.41) is 9.35. The highest BCUT2D eigenvalue weighted by Crippen LogP contribution is 2.48. The molecule has 1 saturated heterocycles. The summed E-state index contributed by atoms with van der Waals surface area (Å²) in [7, 11) is 0. The van der Waals surface area contributed by atoms with E-state index in [9.17, 15) is 24.3 Å². The largest absolute Gasteiger partial charge is 0.481 e. The number of cyclic esters (lactones) is 2. The Morgan fingerprint density at radius 2 is 1.37 bits per heavy atom. The van der Waals surface area contributed by atoms with Gasteiger partial charge in [-0.2, -0.15) is 0 Å². The molecule has 4 bridgehead atoms. The third-order valence-electron chi connectivity index (χ3n) is 4.65. The standard InChI is InChI=1S/C11H14O3.C10H10O3/c1-6(12)9-7-2-4-8(5-3-7)10(9)11(13)14;11-9-7-5-1-2-6(4-3-5)8(7)10(12)13-9/h2,4,7-10H,3,5H2,1H3,(H,13,14);1-2,5-8H,3-4H2/t7?,8-,9-,10-;5?,6?,7-,8+/m0./s1/i2D,3D2,4D,5D2,7D,8D;1D,2D,3D2,4D2,5D,6D. The lowest BCUT2D eigenvalue weighted by atomic mass is 9.61. The first-order valence-electron chi connectivity index (χ1n) is 15.9. The number of allylic oxidation sites excluding steroid dienone is 4. The van der Waals surface area contributed by atoms with Crippen molar-refractivity contribution in [2.45, 2.75) is 32.4 Å². The van der Waals surface area contributed by atoms with Gasteiger partial charge in [0.25, 0.3) is 0 Å². The van der Waals surface area contributed by atoms with Gasteiger partial charge in [0.2, 0.25) is 0 Å². The summed E-state index contributed by atoms with van der Waals surface area (Å²) in [6, 6.07) is -3.98. The van der Waals surface area contributed by atoms with Crippen LogP contribution in [0.5, 0.6) is 0 Å². The van der Waals surface area contributed by atoms with E-state index in [-0.39, 0.29) is 0 Å². The van der Waals surface area contributed by atoms with Gasteiger partial charge in [-0.3, -0.25) is 19.2 Å². The lowest BCUT2D eigenvalue weighted by Crippen LogP contribution is -2.44. The van der Waals surface area contributed by atoms with Gasteiger partial charge in [0.1, 0.15) is 5.78 Å². The Hall–Kier alpha value is -2.24. The molecule has 1 N–H and O–H groups in total. The summed E-state index contributed by atoms with van der Waals surface area (Å²) in [5.74, 6) is -24.1. The number of carboxylic acid groups (broad SMARTS) is 1. The first-order chi connectivity index (χ1) is 19.1. The number of hydrogen-bond donors (Lipinski definition) is 1. The lowest BCUT2D eigenvalue weighted by molar-refractivity contribution is -0.154. The van der Waals surface area contributed by atoms with Crippen LogP contribution in [0.3, 0.4) is 0 Å². The van der Waals surface area contributed by atoms with Crippen LogP contribution in [0.25, 0.3) is 0 Å². The Morgan fingerprint density at radius 3 is 1.81 bits per heavy atom. The SMILES string of the molecule is [2H]C1=C([2H])C2([2H])[C@H]3C(=O)OC(=O)[C@H]3C1([2H])C([2H])([2H])C2([2H])[2H].[2H]C1=C([2H])[C@]2([2H])[C@H](C(=O)O)[C@@H](C(C)=O)C1([2H])C([2H])([2H])C2([2H])[2H]. The normalized spacial score (nSPS) is 71.4. The molecule has 6 heteroatoms. The van der Waals surface area contributed by atoms with E-state index in [4.69, 9.17) is 21.9 Å². The summed E-state index contributed by atoms with van der Waals surface area (Å²) in [4.78, 5) is 47.0. The molecule has 1 aliphatic heterocycles. The van der Waals surface area contributed by atoms with Crippen molar-refractivity contribution >= 4 is 23.7 Å². The molecular formula is C21H24O6. The number of carbonyl (C=O) groups excluding carboxylic acids is 3. The van der Waals surface area contributed by atoms with E-state index in [1.54, 1.807) is 0 Å². The molecule has 144 valence electrons. The molecule has 0 amide bonds. The maximum atomic E-state index is 11.9. The van der Waals surface area contributed by atoms with E-state index >= 15 is 0 Å². The van der Waals surface area contributed by atoms with Crippen molar-refractivity contribution in [1.29, 1.82) is 0 Å². The molecule has 7 rings (SSSR count). The predicted octanol–water partition coefficient (Wildman–Crippen LogP) is 2.39. The van der Waals surface area contributed by atoms with E-state index in [0.717, 1.165) is 6.92 Å². The second kappa shape index (κ2) is 6.73. The number of rotatable bonds is 2. The van der Waals surface area contributed by atoms with Crippen molar-refractivity contribution in [3.8, 4) is 0 Å². The fourth-order valence-corrected chi connectivity index (χ4v) is 3.39. The molecular weight excluding hydrogens is 348 g/mol. The Balaban J connectivity index is 0.000000197. The number of carboxylic acids is 1. The molecule has 8 atom stereocenters. The van der Waals surface area contributed by atoms with Crippen LogP contribution in [0, 0.1) is 47.2 Å². The van der Waals surface area contributed by atoms with E-state index in [1.807, 2.05) is 0 Å². The number of esters is 2. The van der Waals surface area contributed by atoms with E-state index < -0.39 is 121 Å². The van der Waals surface area contributed by atoms with Gasteiger partial charge < -0.3 is 9.84 Å². The zero-order valence-corrected chi connectivity index (χ0v) is 13.8. The first-order valence-corrected chi connectivity index (χ1v) is 7.92. The van der Waals surface area contributed by atoms with Gasteiger partial charge in [-0.05, 0) is 56.0 Å². The summed E-state index contributed by atoms with van der Waals surface area (Å²) >= 11 is 0. The third-order valence-corrected chi connectivity index (χ3v) is 4.65. The molecule has 1 heterocycles. The molecule has 0 spiro atoms. The average Bonchev–Trinajstić information content (AvgIpc) is 3.18. The van der Waals surface area contributed by atoms with Gasteiger partial charge in [-0.1, -0.05) is 24.2 Å². The maximum absolute atomic E-state index is 11.9. The monoisotopic (exact) mass is 388 g/mol. The summed E-state index contributed by atoms with van der Waals surface area (Å²) in [5.41, 5.74) is 0. The van der Waals surface area contributed by atoms with Gasteiger partial charge >= 0.3 is 17.9 Å². The summed E-state index contributed by atoms with van der Waals surface area (Å²) in [6.45, 7) is 0.920. The molecule has 6 aliphatic carbocycles. The van der Waals surface area contributed by atoms with Crippen molar-refractivity contribution in [3.63, 3.8) is 0 Å². The number of ether oxygens (including phenoxy) is 1. The predicted molar refractivity (Wildman–Crippen MR) is 94.1 cm³/mol. The number of hydrogen-bond acceptors (Lipinski definition) is 5. The van der Waals surface area contributed by atoms with Crippen molar-refractivity contribution in [3.05, 3.63) is 24.2 Å². The smallest absolute Gasteiger partial charge is 0.318 e. The van der Waals surface area contributed by atoms with Gasteiger partial charge in [-0.15, -0.1) is 0 Å².